The van der Waals surface area contributed by atoms with Gasteiger partial charge in [-0.25, -0.2) is 13.1 Å². The molecule has 4 N–H and O–H groups in total. The van der Waals surface area contributed by atoms with E-state index >= 15 is 0 Å². The van der Waals surface area contributed by atoms with Crippen molar-refractivity contribution in [3.05, 3.63) is 5.69 Å². The molecule has 0 bridgehead atoms. The SMILES string of the molecule is Cc1c(S(=O)(=O)NC2CCCCCC2O)c(N)nn1C. The summed E-state index contributed by atoms with van der Waals surface area (Å²) >= 11 is 0. The first-order valence-electron chi connectivity index (χ1n) is 6.82. The molecule has 8 heteroatoms. The summed E-state index contributed by atoms with van der Waals surface area (Å²) in [5.74, 6) is -0.0133. The molecule has 1 aromatic heterocycles. The molecule has 0 amide bonds. The van der Waals surface area contributed by atoms with E-state index in [1.54, 1.807) is 14.0 Å². The molecule has 0 aliphatic heterocycles. The number of sulfonamides is 1. The van der Waals surface area contributed by atoms with E-state index in [0.29, 0.717) is 18.5 Å². The van der Waals surface area contributed by atoms with Crippen LogP contribution in [0.15, 0.2) is 4.90 Å². The number of aromatic nitrogens is 2. The Labute approximate surface area is 119 Å². The van der Waals surface area contributed by atoms with Crippen LogP contribution >= 0.6 is 0 Å². The molecule has 1 aromatic rings. The number of aryl methyl sites for hydroxylation is 1. The highest BCUT2D eigenvalue weighted by Crippen LogP contribution is 2.24. The molecule has 7 nitrogen and oxygen atoms in total. The highest BCUT2D eigenvalue weighted by atomic mass is 32.2. The largest absolute Gasteiger partial charge is 0.391 e. The second-order valence-electron chi connectivity index (χ2n) is 5.36. The van der Waals surface area contributed by atoms with Gasteiger partial charge in [-0.05, 0) is 19.8 Å². The van der Waals surface area contributed by atoms with Crippen LogP contribution < -0.4 is 10.5 Å². The normalized spacial score (nSPS) is 24.6. The lowest BCUT2D eigenvalue weighted by atomic mass is 10.1. The number of rotatable bonds is 3. The predicted molar refractivity (Wildman–Crippen MR) is 75.6 cm³/mol. The lowest BCUT2D eigenvalue weighted by Gasteiger charge is -2.21. The zero-order valence-electron chi connectivity index (χ0n) is 11.8. The van der Waals surface area contributed by atoms with Gasteiger partial charge in [0.2, 0.25) is 10.0 Å². The summed E-state index contributed by atoms with van der Waals surface area (Å²) in [5.41, 5.74) is 6.17. The number of aliphatic hydroxyl groups is 1. The van der Waals surface area contributed by atoms with Gasteiger partial charge in [0, 0.05) is 13.1 Å². The fourth-order valence-corrected chi connectivity index (χ4v) is 4.26. The van der Waals surface area contributed by atoms with E-state index in [4.69, 9.17) is 5.73 Å². The van der Waals surface area contributed by atoms with Crippen molar-refractivity contribution in [2.75, 3.05) is 5.73 Å². The molecule has 2 unspecified atom stereocenters. The van der Waals surface area contributed by atoms with Crippen LogP contribution in [0.3, 0.4) is 0 Å². The predicted octanol–water partition coefficient (Wildman–Crippen LogP) is 0.283. The number of hydrogen-bond donors (Lipinski definition) is 3. The van der Waals surface area contributed by atoms with Crippen LogP contribution in [0, 0.1) is 6.92 Å². The van der Waals surface area contributed by atoms with Crippen molar-refractivity contribution in [2.24, 2.45) is 7.05 Å². The van der Waals surface area contributed by atoms with Gasteiger partial charge in [0.1, 0.15) is 4.90 Å². The molecule has 0 radical (unpaired) electrons. The molecule has 0 spiro atoms. The van der Waals surface area contributed by atoms with Crippen LogP contribution in [0.1, 0.15) is 37.8 Å². The minimum absolute atomic E-state index is 0.0106. The summed E-state index contributed by atoms with van der Waals surface area (Å²) in [6.07, 6.45) is 3.46. The highest BCUT2D eigenvalue weighted by molar-refractivity contribution is 7.89. The lowest BCUT2D eigenvalue weighted by molar-refractivity contribution is 0.130. The van der Waals surface area contributed by atoms with E-state index < -0.39 is 22.2 Å². The average Bonchev–Trinajstić information content (AvgIpc) is 2.50. The average molecular weight is 302 g/mol. The monoisotopic (exact) mass is 302 g/mol. The van der Waals surface area contributed by atoms with E-state index in [1.165, 1.54) is 4.68 Å². The Morgan fingerprint density at radius 1 is 1.35 bits per heavy atom. The fourth-order valence-electron chi connectivity index (χ4n) is 2.63. The Kier molecular flexibility index (Phi) is 4.36. The van der Waals surface area contributed by atoms with Gasteiger partial charge in [0.15, 0.2) is 5.82 Å². The second-order valence-corrected chi connectivity index (χ2v) is 7.01. The summed E-state index contributed by atoms with van der Waals surface area (Å²) in [6, 6.07) is -0.457. The minimum atomic E-state index is -3.77. The molecule has 2 atom stereocenters. The fraction of sp³-hybridized carbons (Fsp3) is 0.750. The van der Waals surface area contributed by atoms with E-state index in [-0.39, 0.29) is 10.7 Å². The third-order valence-electron chi connectivity index (χ3n) is 3.86. The first-order valence-corrected chi connectivity index (χ1v) is 8.30. The number of nitrogens with one attached hydrogen (secondary N) is 1. The number of anilines is 1. The van der Waals surface area contributed by atoms with Crippen molar-refractivity contribution in [3.63, 3.8) is 0 Å². The number of hydrogen-bond acceptors (Lipinski definition) is 5. The third kappa shape index (κ3) is 2.97. The number of nitrogens with zero attached hydrogens (tertiary/aromatic N) is 2. The van der Waals surface area contributed by atoms with Gasteiger partial charge in [-0.15, -0.1) is 0 Å². The Morgan fingerprint density at radius 2 is 2.00 bits per heavy atom. The van der Waals surface area contributed by atoms with Crippen molar-refractivity contribution < 1.29 is 13.5 Å². The molecule has 20 heavy (non-hydrogen) atoms. The Morgan fingerprint density at radius 3 is 2.60 bits per heavy atom. The van der Waals surface area contributed by atoms with Gasteiger partial charge < -0.3 is 10.8 Å². The van der Waals surface area contributed by atoms with Crippen molar-refractivity contribution in [3.8, 4) is 0 Å². The molecule has 1 aliphatic carbocycles. The van der Waals surface area contributed by atoms with Gasteiger partial charge in [-0.2, -0.15) is 5.10 Å². The summed E-state index contributed by atoms with van der Waals surface area (Å²) in [4.78, 5) is 0.0106. The van der Waals surface area contributed by atoms with Gasteiger partial charge >= 0.3 is 0 Å². The van der Waals surface area contributed by atoms with E-state index in [1.807, 2.05) is 0 Å². The molecule has 0 saturated heterocycles. The molecule has 1 heterocycles. The van der Waals surface area contributed by atoms with Crippen molar-refractivity contribution in [2.45, 2.75) is 56.1 Å². The highest BCUT2D eigenvalue weighted by Gasteiger charge is 2.30. The zero-order valence-corrected chi connectivity index (χ0v) is 12.7. The first kappa shape index (κ1) is 15.3. The topological polar surface area (TPSA) is 110 Å². The summed E-state index contributed by atoms with van der Waals surface area (Å²) in [5, 5.41) is 13.9. The van der Waals surface area contributed by atoms with E-state index in [9.17, 15) is 13.5 Å². The molecular weight excluding hydrogens is 280 g/mol. The lowest BCUT2D eigenvalue weighted by Crippen LogP contribution is -2.42. The number of nitrogens with two attached hydrogens (primary N) is 1. The first-order chi connectivity index (χ1) is 9.33. The van der Waals surface area contributed by atoms with Crippen molar-refractivity contribution >= 4 is 15.8 Å². The number of nitrogen functional groups attached to an aromatic ring is 1. The standard InChI is InChI=1S/C12H22N4O3S/c1-8-11(12(13)14-16(8)2)20(18,19)15-9-6-4-3-5-7-10(9)17/h9-10,15,17H,3-7H2,1-2H3,(H2,13,14). The van der Waals surface area contributed by atoms with Crippen LogP contribution in [0.25, 0.3) is 0 Å². The molecule has 1 fully saturated rings. The van der Waals surface area contributed by atoms with Gasteiger partial charge in [0.05, 0.1) is 11.8 Å². The maximum absolute atomic E-state index is 12.5. The molecule has 2 rings (SSSR count). The van der Waals surface area contributed by atoms with Gasteiger partial charge in [0.25, 0.3) is 0 Å². The zero-order chi connectivity index (χ0) is 14.9. The van der Waals surface area contributed by atoms with E-state index in [2.05, 4.69) is 9.82 Å². The molecule has 1 aliphatic rings. The Balaban J connectivity index is 2.26. The third-order valence-corrected chi connectivity index (χ3v) is 5.51. The number of aliphatic hydroxyl groups excluding tert-OH is 1. The second kappa shape index (κ2) is 5.71. The summed E-state index contributed by atoms with van der Waals surface area (Å²) in [6.45, 7) is 1.65. The van der Waals surface area contributed by atoms with Crippen LogP contribution in [0.5, 0.6) is 0 Å². The molecule has 0 aromatic carbocycles. The Bertz CT molecular complexity index is 582. The van der Waals surface area contributed by atoms with Crippen molar-refractivity contribution in [1.29, 1.82) is 0 Å². The smallest absolute Gasteiger partial charge is 0.246 e. The maximum atomic E-state index is 12.5. The molecular formula is C12H22N4O3S. The maximum Gasteiger partial charge on any atom is 0.246 e. The van der Waals surface area contributed by atoms with Gasteiger partial charge in [-0.1, -0.05) is 19.3 Å². The van der Waals surface area contributed by atoms with Crippen LogP contribution in [0.4, 0.5) is 5.82 Å². The van der Waals surface area contributed by atoms with Crippen LogP contribution in [-0.2, 0) is 17.1 Å². The quantitative estimate of drug-likeness (QED) is 0.695. The van der Waals surface area contributed by atoms with E-state index in [0.717, 1.165) is 19.3 Å². The van der Waals surface area contributed by atoms with Gasteiger partial charge in [-0.3, -0.25) is 4.68 Å². The summed E-state index contributed by atoms with van der Waals surface area (Å²) < 4.78 is 28.9. The Hall–Kier alpha value is -1.12. The minimum Gasteiger partial charge on any atom is -0.391 e. The summed E-state index contributed by atoms with van der Waals surface area (Å²) in [7, 11) is -2.12. The molecule has 114 valence electrons. The van der Waals surface area contributed by atoms with Crippen LogP contribution in [-0.4, -0.2) is 35.5 Å². The molecule has 1 saturated carbocycles. The van der Waals surface area contributed by atoms with Crippen LogP contribution in [0.2, 0.25) is 0 Å². The van der Waals surface area contributed by atoms with Crippen molar-refractivity contribution in [1.82, 2.24) is 14.5 Å².